The molecule has 0 aromatic heterocycles. The first-order valence-corrected chi connectivity index (χ1v) is 13.5. The van der Waals surface area contributed by atoms with Gasteiger partial charge in [-0.1, -0.05) is 102 Å². The van der Waals surface area contributed by atoms with E-state index in [2.05, 4.69) is 11.4 Å². The molecule has 3 aromatic rings. The Kier molecular flexibility index (Phi) is 7.75. The van der Waals surface area contributed by atoms with Crippen LogP contribution in [0, 0.1) is 6.92 Å². The Morgan fingerprint density at radius 1 is 1.00 bits per heavy atom. The largest absolute Gasteiger partial charge is 0.463 e. The van der Waals surface area contributed by atoms with Gasteiger partial charge in [-0.2, -0.15) is 0 Å². The number of aliphatic imine (C=N–C) groups is 1. The normalized spacial score (nSPS) is 16.5. The number of rotatable bonds is 8. The number of nitrogens with one attached hydrogen (secondary N) is 1. The maximum Gasteiger partial charge on any atom is 0.338 e. The third kappa shape index (κ3) is 5.43. The first-order chi connectivity index (χ1) is 18.5. The maximum atomic E-state index is 13.5. The van der Waals surface area contributed by atoms with E-state index < -0.39 is 12.0 Å². The van der Waals surface area contributed by atoms with E-state index in [1.165, 1.54) is 11.8 Å². The number of benzene rings is 3. The van der Waals surface area contributed by atoms with Crippen LogP contribution in [0.4, 0.5) is 0 Å². The van der Waals surface area contributed by atoms with Gasteiger partial charge < -0.3 is 15.0 Å². The summed E-state index contributed by atoms with van der Waals surface area (Å²) in [4.78, 5) is 33.5. The number of amidine groups is 1. The fourth-order valence-electron chi connectivity index (χ4n) is 4.67. The number of hydrogen-bond acceptors (Lipinski definition) is 6. The fourth-order valence-corrected chi connectivity index (χ4v) is 5.59. The molecule has 2 heterocycles. The number of fused-ring (bicyclic) bond motifs is 1. The van der Waals surface area contributed by atoms with Crippen molar-refractivity contribution < 1.29 is 14.3 Å². The lowest BCUT2D eigenvalue weighted by molar-refractivity contribution is -0.139. The van der Waals surface area contributed by atoms with Crippen LogP contribution >= 0.6 is 11.8 Å². The molecule has 38 heavy (non-hydrogen) atoms. The molecule has 6 nitrogen and oxygen atoms in total. The minimum atomic E-state index is -0.486. The zero-order valence-electron chi connectivity index (χ0n) is 21.4. The minimum Gasteiger partial charge on any atom is -0.463 e. The minimum absolute atomic E-state index is 0.0968. The molecule has 1 atom stereocenters. The van der Waals surface area contributed by atoms with E-state index in [9.17, 15) is 9.59 Å². The summed E-state index contributed by atoms with van der Waals surface area (Å²) in [5.41, 5.74) is 5.74. The lowest BCUT2D eigenvalue weighted by Crippen LogP contribution is -2.38. The highest BCUT2D eigenvalue weighted by atomic mass is 32.2. The van der Waals surface area contributed by atoms with Gasteiger partial charge in [0.2, 0.25) is 5.91 Å². The molecule has 1 unspecified atom stereocenters. The summed E-state index contributed by atoms with van der Waals surface area (Å²) in [6, 6.07) is 27.1. The van der Waals surface area contributed by atoms with Gasteiger partial charge in [-0.05, 0) is 30.4 Å². The molecular formula is C31H29N3O3S. The molecule has 0 saturated carbocycles. The van der Waals surface area contributed by atoms with Crippen LogP contribution < -0.4 is 5.32 Å². The van der Waals surface area contributed by atoms with Gasteiger partial charge in [0, 0.05) is 17.8 Å². The van der Waals surface area contributed by atoms with Crippen molar-refractivity contribution in [3.8, 4) is 0 Å². The highest BCUT2D eigenvalue weighted by molar-refractivity contribution is 8.16. The zero-order chi connectivity index (χ0) is 26.5. The average Bonchev–Trinajstić information content (AvgIpc) is 3.34. The van der Waals surface area contributed by atoms with E-state index in [1.54, 1.807) is 6.92 Å². The maximum absolute atomic E-state index is 13.5. The highest BCUT2D eigenvalue weighted by Gasteiger charge is 2.42. The molecule has 0 saturated heterocycles. The van der Waals surface area contributed by atoms with Crippen LogP contribution in [0.2, 0.25) is 0 Å². The first kappa shape index (κ1) is 25.5. The number of carbonyl (C=O) groups excluding carboxylic acids is 2. The van der Waals surface area contributed by atoms with Gasteiger partial charge in [0.1, 0.15) is 0 Å². The molecule has 0 spiro atoms. The molecule has 1 amide bonds. The molecule has 0 aliphatic carbocycles. The first-order valence-electron chi connectivity index (χ1n) is 12.6. The SMILES string of the molecule is CCOC(=O)C1=C(c2ccccc2)N=C2SC=C(CC(=O)NCc3ccccc3)N2C1c1cccc(C)c1. The summed E-state index contributed by atoms with van der Waals surface area (Å²) < 4.78 is 5.57. The zero-order valence-corrected chi connectivity index (χ0v) is 22.2. The smallest absolute Gasteiger partial charge is 0.338 e. The van der Waals surface area contributed by atoms with E-state index in [0.717, 1.165) is 33.1 Å². The van der Waals surface area contributed by atoms with E-state index in [-0.39, 0.29) is 18.9 Å². The molecule has 0 radical (unpaired) electrons. The third-order valence-corrected chi connectivity index (χ3v) is 7.27. The molecule has 3 aromatic carbocycles. The van der Waals surface area contributed by atoms with Crippen LogP contribution in [0.25, 0.3) is 5.70 Å². The number of nitrogens with zero attached hydrogens (tertiary/aromatic N) is 2. The van der Waals surface area contributed by atoms with E-state index >= 15 is 0 Å². The van der Waals surface area contributed by atoms with Crippen molar-refractivity contribution in [1.82, 2.24) is 10.2 Å². The molecule has 7 heteroatoms. The summed E-state index contributed by atoms with van der Waals surface area (Å²) in [6.45, 7) is 4.53. The van der Waals surface area contributed by atoms with Crippen LogP contribution in [-0.2, 0) is 20.9 Å². The van der Waals surface area contributed by atoms with Crippen LogP contribution in [-0.4, -0.2) is 28.6 Å². The van der Waals surface area contributed by atoms with Gasteiger partial charge in [0.05, 0.1) is 30.3 Å². The van der Waals surface area contributed by atoms with E-state index in [0.29, 0.717) is 17.8 Å². The van der Waals surface area contributed by atoms with Gasteiger partial charge in [-0.25, -0.2) is 9.79 Å². The lowest BCUT2D eigenvalue weighted by Gasteiger charge is -2.37. The number of esters is 1. The molecular weight excluding hydrogens is 494 g/mol. The topological polar surface area (TPSA) is 71.0 Å². The quantitative estimate of drug-likeness (QED) is 0.368. The number of hydrogen-bond donors (Lipinski definition) is 1. The van der Waals surface area contributed by atoms with Crippen molar-refractivity contribution in [1.29, 1.82) is 0 Å². The number of thioether (sulfide) groups is 1. The van der Waals surface area contributed by atoms with Crippen molar-refractivity contribution >= 4 is 34.5 Å². The van der Waals surface area contributed by atoms with E-state index in [1.807, 2.05) is 96.1 Å². The molecule has 0 bridgehead atoms. The summed E-state index contributed by atoms with van der Waals surface area (Å²) in [5.74, 6) is -0.508. The molecule has 1 N–H and O–H groups in total. The van der Waals surface area contributed by atoms with Crippen LogP contribution in [0.15, 0.2) is 107 Å². The van der Waals surface area contributed by atoms with Crippen molar-refractivity contribution in [2.24, 2.45) is 4.99 Å². The molecule has 0 fully saturated rings. The van der Waals surface area contributed by atoms with Crippen molar-refractivity contribution in [3.63, 3.8) is 0 Å². The number of ether oxygens (including phenoxy) is 1. The summed E-state index contributed by atoms with van der Waals surface area (Å²) in [7, 11) is 0. The van der Waals surface area contributed by atoms with E-state index in [4.69, 9.17) is 9.73 Å². The monoisotopic (exact) mass is 523 g/mol. The lowest BCUT2D eigenvalue weighted by atomic mass is 9.90. The Morgan fingerprint density at radius 2 is 1.74 bits per heavy atom. The summed E-state index contributed by atoms with van der Waals surface area (Å²) in [6.07, 6.45) is 0.165. The van der Waals surface area contributed by atoms with Crippen LogP contribution in [0.3, 0.4) is 0 Å². The second-order valence-electron chi connectivity index (χ2n) is 9.10. The van der Waals surface area contributed by atoms with Gasteiger partial charge in [-0.3, -0.25) is 4.79 Å². The number of carbonyl (C=O) groups is 2. The predicted molar refractivity (Wildman–Crippen MR) is 152 cm³/mol. The predicted octanol–water partition coefficient (Wildman–Crippen LogP) is 5.98. The molecule has 2 aliphatic rings. The molecule has 2 aliphatic heterocycles. The Hall–Kier alpha value is -4.10. The average molecular weight is 524 g/mol. The van der Waals surface area contributed by atoms with Gasteiger partial charge in [0.25, 0.3) is 0 Å². The third-order valence-electron chi connectivity index (χ3n) is 6.38. The van der Waals surface area contributed by atoms with Gasteiger partial charge >= 0.3 is 5.97 Å². The Morgan fingerprint density at radius 3 is 2.45 bits per heavy atom. The second kappa shape index (κ2) is 11.5. The fraction of sp³-hybridized carbons (Fsp3) is 0.194. The van der Waals surface area contributed by atoms with Crippen molar-refractivity contribution in [3.05, 3.63) is 124 Å². The second-order valence-corrected chi connectivity index (χ2v) is 9.93. The highest BCUT2D eigenvalue weighted by Crippen LogP contribution is 2.47. The summed E-state index contributed by atoms with van der Waals surface area (Å²) in [5, 5.41) is 5.70. The van der Waals surface area contributed by atoms with Gasteiger partial charge in [0.15, 0.2) is 5.17 Å². The number of amides is 1. The van der Waals surface area contributed by atoms with Crippen molar-refractivity contribution in [2.45, 2.75) is 32.9 Å². The van der Waals surface area contributed by atoms with Crippen molar-refractivity contribution in [2.75, 3.05) is 6.61 Å². The molecule has 5 rings (SSSR count). The van der Waals surface area contributed by atoms with Gasteiger partial charge in [-0.15, -0.1) is 0 Å². The molecule has 192 valence electrons. The Labute approximate surface area is 227 Å². The van der Waals surface area contributed by atoms with Crippen LogP contribution in [0.1, 0.15) is 41.6 Å². The van der Waals surface area contributed by atoms with Crippen LogP contribution in [0.5, 0.6) is 0 Å². The summed E-state index contributed by atoms with van der Waals surface area (Å²) >= 11 is 1.47. The number of aryl methyl sites for hydroxylation is 1. The standard InChI is InChI=1S/C31H29N3O3S/c1-3-37-30(36)27-28(23-14-8-5-9-15-23)33-31-34(29(27)24-16-10-11-21(2)17-24)25(20-38-31)18-26(35)32-19-22-12-6-4-7-13-22/h4-17,20,29H,3,18-19H2,1-2H3,(H,32,35). The Balaban J connectivity index is 1.53. The Bertz CT molecular complexity index is 1430.